The lowest BCUT2D eigenvalue weighted by molar-refractivity contribution is -0.158. The highest BCUT2D eigenvalue weighted by Gasteiger charge is 2.41. The second kappa shape index (κ2) is 24.3. The molecule has 0 aromatic carbocycles. The molecule has 0 aromatic heterocycles. The predicted molar refractivity (Wildman–Crippen MR) is 195 cm³/mol. The Balaban J connectivity index is 1.23. The number of aliphatic hydroxyl groups is 1. The van der Waals surface area contributed by atoms with Crippen LogP contribution in [0.2, 0.25) is 0 Å². The van der Waals surface area contributed by atoms with Crippen LogP contribution >= 0.6 is 0 Å². The maximum atomic E-state index is 11.9. The Kier molecular flexibility index (Phi) is 20.6. The number of hydrogen-bond acceptors (Lipinski definition) is 9. The molecule has 8 atom stereocenters. The lowest BCUT2D eigenvalue weighted by Gasteiger charge is -2.26. The molecule has 50 heavy (non-hydrogen) atoms. The van der Waals surface area contributed by atoms with Gasteiger partial charge in [0, 0.05) is 19.4 Å². The third kappa shape index (κ3) is 16.6. The minimum absolute atomic E-state index is 0.00921. The predicted octanol–water partition coefficient (Wildman–Crippen LogP) is 9.00. The molecular weight excluding hydrogens is 636 g/mol. The zero-order chi connectivity index (χ0) is 36.1. The average Bonchev–Trinajstić information content (AvgIpc) is 3.83. The van der Waals surface area contributed by atoms with Crippen molar-refractivity contribution < 1.29 is 43.2 Å². The first-order chi connectivity index (χ1) is 24.2. The summed E-state index contributed by atoms with van der Waals surface area (Å²) in [4.78, 5) is 35.0. The monoisotopic (exact) mass is 707 g/mol. The van der Waals surface area contributed by atoms with E-state index in [1.165, 1.54) is 52.4 Å². The van der Waals surface area contributed by atoms with Crippen LogP contribution in [0.15, 0.2) is 11.6 Å². The van der Waals surface area contributed by atoms with Gasteiger partial charge in [-0.3, -0.25) is 9.59 Å². The molecule has 0 aliphatic carbocycles. The zero-order valence-electron chi connectivity index (χ0n) is 31.9. The number of cyclic esters (lactones) is 1. The average molecular weight is 707 g/mol. The summed E-state index contributed by atoms with van der Waals surface area (Å²) in [5, 5.41) is 10.9. The van der Waals surface area contributed by atoms with Gasteiger partial charge in [0.25, 0.3) is 0 Å². The summed E-state index contributed by atoms with van der Waals surface area (Å²) in [5.74, 6) is -0.587. The molecule has 3 heterocycles. The third-order valence-corrected chi connectivity index (χ3v) is 10.7. The molecule has 0 bridgehead atoms. The van der Waals surface area contributed by atoms with Crippen LogP contribution in [0.1, 0.15) is 182 Å². The molecule has 0 radical (unpaired) electrons. The summed E-state index contributed by atoms with van der Waals surface area (Å²) in [6.07, 6.45) is 25.5. The molecule has 0 saturated carbocycles. The quantitative estimate of drug-likeness (QED) is 0.0507. The maximum Gasteiger partial charge on any atom is 0.334 e. The van der Waals surface area contributed by atoms with E-state index in [1.54, 1.807) is 0 Å². The number of carbonyl (C=O) groups excluding carboxylic acids is 3. The van der Waals surface area contributed by atoms with Gasteiger partial charge in [-0.2, -0.15) is 0 Å². The molecule has 2 saturated heterocycles. The van der Waals surface area contributed by atoms with E-state index < -0.39 is 6.10 Å². The Hall–Kier alpha value is -1.97. The van der Waals surface area contributed by atoms with E-state index in [2.05, 4.69) is 6.92 Å². The summed E-state index contributed by atoms with van der Waals surface area (Å²) < 4.78 is 29.2. The fraction of sp³-hybridized carbons (Fsp3) is 0.878. The number of esters is 3. The van der Waals surface area contributed by atoms with Crippen LogP contribution in [0, 0.1) is 0 Å². The normalized spacial score (nSPS) is 25.3. The van der Waals surface area contributed by atoms with Gasteiger partial charge in [-0.1, -0.05) is 84.0 Å². The lowest BCUT2D eigenvalue weighted by Crippen LogP contribution is -2.34. The van der Waals surface area contributed by atoms with Crippen molar-refractivity contribution in [3.05, 3.63) is 11.6 Å². The van der Waals surface area contributed by atoms with Crippen molar-refractivity contribution >= 4 is 17.9 Å². The van der Waals surface area contributed by atoms with E-state index in [-0.39, 0.29) is 60.6 Å². The van der Waals surface area contributed by atoms with Crippen molar-refractivity contribution in [2.75, 3.05) is 0 Å². The molecule has 2 fully saturated rings. The first-order valence-corrected chi connectivity index (χ1v) is 20.4. The van der Waals surface area contributed by atoms with Crippen LogP contribution in [0.3, 0.4) is 0 Å². The number of rotatable bonds is 27. The van der Waals surface area contributed by atoms with E-state index in [9.17, 15) is 19.5 Å². The molecule has 9 nitrogen and oxygen atoms in total. The fourth-order valence-corrected chi connectivity index (χ4v) is 7.92. The SMILES string of the molecule is CCCC[C@H](CCCCC[C@@H](O)[C@@H]1CC[C@@H]([C@@H]2CC[C@@H]([C@H](CCCCCCCCCCCCC3=C[C@@H](C)OC3=O)OC(C)=O)O2)O1)OC(C)=O. The van der Waals surface area contributed by atoms with Crippen LogP contribution in [0.25, 0.3) is 0 Å². The van der Waals surface area contributed by atoms with Crippen molar-refractivity contribution in [1.82, 2.24) is 0 Å². The summed E-state index contributed by atoms with van der Waals surface area (Å²) in [7, 11) is 0. The lowest BCUT2D eigenvalue weighted by atomic mass is 10.00. The van der Waals surface area contributed by atoms with Crippen LogP contribution in [-0.4, -0.2) is 71.8 Å². The van der Waals surface area contributed by atoms with Gasteiger partial charge in [-0.05, 0) is 90.0 Å². The van der Waals surface area contributed by atoms with E-state index >= 15 is 0 Å². The summed E-state index contributed by atoms with van der Waals surface area (Å²) in [6, 6.07) is 0. The summed E-state index contributed by atoms with van der Waals surface area (Å²) in [5.41, 5.74) is 0.852. The Labute approximate surface area is 302 Å². The Morgan fingerprint density at radius 3 is 1.84 bits per heavy atom. The first kappa shape index (κ1) is 42.4. The van der Waals surface area contributed by atoms with Gasteiger partial charge in [-0.15, -0.1) is 0 Å². The first-order valence-electron chi connectivity index (χ1n) is 20.4. The van der Waals surface area contributed by atoms with Crippen LogP contribution in [-0.2, 0) is 38.1 Å². The molecule has 0 spiro atoms. The smallest absolute Gasteiger partial charge is 0.334 e. The molecule has 9 heteroatoms. The molecule has 3 aliphatic rings. The standard InChI is InChI=1S/C41H70O9/c1-5-6-21-34(47-31(3)42)22-17-15-18-23-35(44)36-25-26-39(49-36)40-28-27-38(50-40)37(48-32(4)43)24-19-14-12-10-8-7-9-11-13-16-20-33-29-30(2)46-41(33)45/h29-30,34-40,44H,5-28H2,1-4H3/t30-,34-,35-,36+,37+,38+,39+,40+/m1/s1. The minimum Gasteiger partial charge on any atom is -0.463 e. The molecule has 0 aromatic rings. The highest BCUT2D eigenvalue weighted by Crippen LogP contribution is 2.35. The number of ether oxygens (including phenoxy) is 5. The van der Waals surface area contributed by atoms with Gasteiger partial charge in [-0.25, -0.2) is 4.79 Å². The largest absolute Gasteiger partial charge is 0.463 e. The highest BCUT2D eigenvalue weighted by atomic mass is 16.6. The molecule has 288 valence electrons. The zero-order valence-corrected chi connectivity index (χ0v) is 31.9. The van der Waals surface area contributed by atoms with Crippen LogP contribution in [0.5, 0.6) is 0 Å². The van der Waals surface area contributed by atoms with Gasteiger partial charge in [0.2, 0.25) is 0 Å². The molecule has 3 rings (SSSR count). The van der Waals surface area contributed by atoms with Crippen molar-refractivity contribution in [2.24, 2.45) is 0 Å². The maximum absolute atomic E-state index is 11.9. The van der Waals surface area contributed by atoms with Gasteiger partial charge in [0.1, 0.15) is 18.3 Å². The molecule has 3 aliphatic heterocycles. The Bertz CT molecular complexity index is 1010. The fourth-order valence-electron chi connectivity index (χ4n) is 7.92. The van der Waals surface area contributed by atoms with E-state index in [0.717, 1.165) is 115 Å². The molecule has 0 amide bonds. The second-order valence-electron chi connectivity index (χ2n) is 15.2. The summed E-state index contributed by atoms with van der Waals surface area (Å²) >= 11 is 0. The summed E-state index contributed by atoms with van der Waals surface area (Å²) in [6.45, 7) is 7.02. The Morgan fingerprint density at radius 2 is 1.24 bits per heavy atom. The topological polar surface area (TPSA) is 118 Å². The Morgan fingerprint density at radius 1 is 0.720 bits per heavy atom. The van der Waals surface area contributed by atoms with Gasteiger partial charge >= 0.3 is 17.9 Å². The van der Waals surface area contributed by atoms with Gasteiger partial charge in [0.15, 0.2) is 0 Å². The second-order valence-corrected chi connectivity index (χ2v) is 15.2. The van der Waals surface area contributed by atoms with Crippen molar-refractivity contribution in [2.45, 2.75) is 231 Å². The van der Waals surface area contributed by atoms with Gasteiger partial charge < -0.3 is 28.8 Å². The number of carbonyl (C=O) groups is 3. The van der Waals surface area contributed by atoms with Crippen LogP contribution in [0.4, 0.5) is 0 Å². The van der Waals surface area contributed by atoms with Gasteiger partial charge in [0.05, 0.1) is 30.5 Å². The minimum atomic E-state index is -0.479. The van der Waals surface area contributed by atoms with E-state index in [4.69, 9.17) is 23.7 Å². The van der Waals surface area contributed by atoms with Crippen LogP contribution < -0.4 is 0 Å². The van der Waals surface area contributed by atoms with Crippen molar-refractivity contribution in [3.8, 4) is 0 Å². The third-order valence-electron chi connectivity index (χ3n) is 10.7. The van der Waals surface area contributed by atoms with E-state index in [1.807, 2.05) is 13.0 Å². The number of hydrogen-bond donors (Lipinski definition) is 1. The van der Waals surface area contributed by atoms with E-state index in [0.29, 0.717) is 6.42 Å². The molecule has 1 N–H and O–H groups in total. The van der Waals surface area contributed by atoms with Crippen molar-refractivity contribution in [1.29, 1.82) is 0 Å². The highest BCUT2D eigenvalue weighted by molar-refractivity contribution is 5.90. The number of unbranched alkanes of at least 4 members (excludes halogenated alkanes) is 12. The molecular formula is C41H70O9. The number of aliphatic hydroxyl groups excluding tert-OH is 1. The molecule has 0 unspecified atom stereocenters. The van der Waals surface area contributed by atoms with Crippen molar-refractivity contribution in [3.63, 3.8) is 0 Å².